The van der Waals surface area contributed by atoms with Crippen molar-refractivity contribution in [2.24, 2.45) is 0 Å². The van der Waals surface area contributed by atoms with Gasteiger partial charge in [0.2, 0.25) is 0 Å². The predicted octanol–water partition coefficient (Wildman–Crippen LogP) is -2.83. The molecule has 0 atom stereocenters. The molecule has 0 radical (unpaired) electrons. The van der Waals surface area contributed by atoms with Gasteiger partial charge >= 0.3 is 41.7 Å². The molecule has 0 unspecified atom stereocenters. The Morgan fingerprint density at radius 3 is 1.00 bits per heavy atom. The van der Waals surface area contributed by atoms with E-state index in [1.54, 1.807) is 0 Å². The SMILES string of the molecule is N.O.O.O=S(=O)([O-])[O-].[Ce+4]. The minimum atomic E-state index is -5.17. The van der Waals surface area contributed by atoms with Crippen LogP contribution in [0.15, 0.2) is 0 Å². The molecule has 9 heavy (non-hydrogen) atoms. The van der Waals surface area contributed by atoms with E-state index in [4.69, 9.17) is 17.5 Å². The van der Waals surface area contributed by atoms with Gasteiger partial charge in [0.25, 0.3) is 0 Å². The van der Waals surface area contributed by atoms with Crippen LogP contribution in [0.2, 0.25) is 0 Å². The summed E-state index contributed by atoms with van der Waals surface area (Å²) < 4.78 is 34.1. The van der Waals surface area contributed by atoms with Crippen LogP contribution in [0.1, 0.15) is 0 Å². The standard InChI is InChI=1S/Ce.H3N.H2O4S.2H2O/c;;1-5(2,3)4;;/h;1H3;(H2,1,2,3,4);2*1H2/q+4;;;;/p-2. The summed E-state index contributed by atoms with van der Waals surface area (Å²) in [6.07, 6.45) is 0. The average Bonchev–Trinajstić information content (AvgIpc) is 0.722. The molecule has 0 aliphatic carbocycles. The van der Waals surface area contributed by atoms with Crippen molar-refractivity contribution >= 4 is 10.4 Å². The van der Waals surface area contributed by atoms with E-state index < -0.39 is 10.4 Å². The minimum Gasteiger partial charge on any atom is -0.759 e. The Balaban J connectivity index is -0.0000000133. The van der Waals surface area contributed by atoms with E-state index in [-0.39, 0.29) is 58.9 Å². The Morgan fingerprint density at radius 2 is 1.00 bits per heavy atom. The molecular formula is H7CeNO6S+2. The van der Waals surface area contributed by atoms with Crippen LogP contribution in [0, 0.1) is 41.7 Å². The third kappa shape index (κ3) is 365. The summed E-state index contributed by atoms with van der Waals surface area (Å²) in [6, 6.07) is 0. The van der Waals surface area contributed by atoms with Crippen LogP contribution < -0.4 is 6.15 Å². The van der Waals surface area contributed by atoms with Crippen LogP contribution in [0.3, 0.4) is 0 Å². The molecule has 7 N–H and O–H groups in total. The second kappa shape index (κ2) is 11.9. The third-order valence-electron chi connectivity index (χ3n) is 0. The topological polar surface area (TPSA) is 178 Å². The van der Waals surface area contributed by atoms with Crippen molar-refractivity contribution in [3.63, 3.8) is 0 Å². The van der Waals surface area contributed by atoms with Gasteiger partial charge in [-0.2, -0.15) is 0 Å². The van der Waals surface area contributed by atoms with E-state index in [1.165, 1.54) is 0 Å². The molecule has 56 valence electrons. The monoisotopic (exact) mass is 289 g/mol. The fourth-order valence-corrected chi connectivity index (χ4v) is 0. The first-order chi connectivity index (χ1) is 2.00. The van der Waals surface area contributed by atoms with E-state index in [9.17, 15) is 0 Å². The molecule has 0 saturated carbocycles. The van der Waals surface area contributed by atoms with E-state index >= 15 is 0 Å². The summed E-state index contributed by atoms with van der Waals surface area (Å²) >= 11 is 0. The van der Waals surface area contributed by atoms with Gasteiger partial charge in [-0.3, -0.25) is 8.42 Å². The van der Waals surface area contributed by atoms with Crippen LogP contribution in [0.5, 0.6) is 0 Å². The van der Waals surface area contributed by atoms with Crippen molar-refractivity contribution in [3.05, 3.63) is 0 Å². The summed E-state index contributed by atoms with van der Waals surface area (Å²) in [5.74, 6) is 0. The maximum absolute atomic E-state index is 8.52. The van der Waals surface area contributed by atoms with Crippen LogP contribution in [-0.2, 0) is 10.4 Å². The fraction of sp³-hybridized carbons (Fsp3) is 0. The summed E-state index contributed by atoms with van der Waals surface area (Å²) in [5, 5.41) is 0. The molecular weight excluding hydrogens is 282 g/mol. The molecule has 0 bridgehead atoms. The number of hydrogen-bond donors (Lipinski definition) is 1. The normalized spacial score (nSPS) is 6.44. The zero-order chi connectivity index (χ0) is 4.50. The van der Waals surface area contributed by atoms with E-state index in [1.807, 2.05) is 0 Å². The van der Waals surface area contributed by atoms with Crippen LogP contribution in [-0.4, -0.2) is 28.5 Å². The molecule has 0 saturated heterocycles. The van der Waals surface area contributed by atoms with Crippen LogP contribution >= 0.6 is 0 Å². The fourth-order valence-electron chi connectivity index (χ4n) is 0. The van der Waals surface area contributed by atoms with Crippen molar-refractivity contribution in [2.45, 2.75) is 0 Å². The maximum Gasteiger partial charge on any atom is 4.00 e. The first-order valence-electron chi connectivity index (χ1n) is 0.667. The van der Waals surface area contributed by atoms with E-state index in [2.05, 4.69) is 0 Å². The molecule has 0 spiro atoms. The molecule has 0 aliphatic heterocycles. The summed E-state index contributed by atoms with van der Waals surface area (Å²) in [5.41, 5.74) is 0. The Morgan fingerprint density at radius 1 is 1.00 bits per heavy atom. The van der Waals surface area contributed by atoms with Gasteiger partial charge in [0.05, 0.1) is 0 Å². The molecule has 0 aromatic rings. The maximum atomic E-state index is 8.52. The second-order valence-corrected chi connectivity index (χ2v) is 1.22. The quantitative estimate of drug-likeness (QED) is 0.372. The molecule has 0 aliphatic rings. The smallest absolute Gasteiger partial charge is 0.759 e. The Bertz CT molecular complexity index is 96.2. The summed E-state index contributed by atoms with van der Waals surface area (Å²) in [7, 11) is -5.17. The third-order valence-corrected chi connectivity index (χ3v) is 0. The Labute approximate surface area is 86.0 Å². The zero-order valence-corrected chi connectivity index (χ0v) is 8.20. The average molecular weight is 289 g/mol. The molecule has 0 aromatic heterocycles. The van der Waals surface area contributed by atoms with Crippen molar-refractivity contribution in [1.29, 1.82) is 0 Å². The Kier molecular flexibility index (Phi) is 42.3. The van der Waals surface area contributed by atoms with Gasteiger partial charge < -0.3 is 26.2 Å². The first-order valence-corrected chi connectivity index (χ1v) is 2.00. The van der Waals surface area contributed by atoms with Gasteiger partial charge in [-0.1, -0.05) is 0 Å². The van der Waals surface area contributed by atoms with Gasteiger partial charge in [-0.05, 0) is 0 Å². The van der Waals surface area contributed by atoms with E-state index in [0.717, 1.165) is 0 Å². The van der Waals surface area contributed by atoms with E-state index in [0.29, 0.717) is 0 Å². The van der Waals surface area contributed by atoms with Gasteiger partial charge in [-0.15, -0.1) is 0 Å². The number of rotatable bonds is 0. The largest absolute Gasteiger partial charge is 4.00 e. The molecule has 0 rings (SSSR count). The van der Waals surface area contributed by atoms with Crippen molar-refractivity contribution in [1.82, 2.24) is 6.15 Å². The minimum absolute atomic E-state index is 0. The van der Waals surface area contributed by atoms with Crippen molar-refractivity contribution < 1.29 is 70.2 Å². The molecule has 0 aromatic carbocycles. The van der Waals surface area contributed by atoms with Gasteiger partial charge in [-0.25, -0.2) is 0 Å². The van der Waals surface area contributed by atoms with Gasteiger partial charge in [0, 0.05) is 10.4 Å². The molecule has 0 fully saturated rings. The first kappa shape index (κ1) is 32.1. The van der Waals surface area contributed by atoms with Crippen molar-refractivity contribution in [3.8, 4) is 0 Å². The molecule has 0 amide bonds. The molecule has 9 heteroatoms. The van der Waals surface area contributed by atoms with Crippen molar-refractivity contribution in [2.75, 3.05) is 0 Å². The second-order valence-electron chi connectivity index (χ2n) is 0.408. The summed E-state index contributed by atoms with van der Waals surface area (Å²) in [6.45, 7) is 0. The van der Waals surface area contributed by atoms with Gasteiger partial charge in [0.1, 0.15) is 0 Å². The summed E-state index contributed by atoms with van der Waals surface area (Å²) in [4.78, 5) is 0. The number of hydrogen-bond acceptors (Lipinski definition) is 5. The van der Waals surface area contributed by atoms with Crippen LogP contribution in [0.4, 0.5) is 0 Å². The molecule has 7 nitrogen and oxygen atoms in total. The van der Waals surface area contributed by atoms with Gasteiger partial charge in [0.15, 0.2) is 0 Å². The van der Waals surface area contributed by atoms with Crippen LogP contribution in [0.25, 0.3) is 0 Å². The Hall–Kier alpha value is 1.13. The predicted molar refractivity (Wildman–Crippen MR) is 22.7 cm³/mol. The molecule has 0 heterocycles. The zero-order valence-electron chi connectivity index (χ0n) is 4.25.